The van der Waals surface area contributed by atoms with E-state index in [-0.39, 0.29) is 18.1 Å². The molecule has 0 aliphatic carbocycles. The first-order valence-electron chi connectivity index (χ1n) is 8.22. The molecule has 0 fully saturated rings. The highest BCUT2D eigenvalue weighted by Crippen LogP contribution is 2.22. The van der Waals surface area contributed by atoms with Gasteiger partial charge in [0.15, 0.2) is 0 Å². The smallest absolute Gasteiger partial charge is 0.328 e. The lowest BCUT2D eigenvalue weighted by atomic mass is 10.2. The van der Waals surface area contributed by atoms with Crippen molar-refractivity contribution >= 4 is 6.08 Å². The summed E-state index contributed by atoms with van der Waals surface area (Å²) in [6.45, 7) is 1.75. The van der Waals surface area contributed by atoms with Gasteiger partial charge in [-0.1, -0.05) is 6.08 Å². The molecule has 0 saturated carbocycles. The minimum atomic E-state index is -2.84. The third-order valence-corrected chi connectivity index (χ3v) is 3.93. The van der Waals surface area contributed by atoms with Gasteiger partial charge < -0.3 is 4.42 Å². The Kier molecular flexibility index (Phi) is 5.57. The molecule has 0 saturated heterocycles. The predicted molar refractivity (Wildman–Crippen MR) is 95.2 cm³/mol. The molecule has 0 atom stereocenters. The van der Waals surface area contributed by atoms with Gasteiger partial charge in [-0.2, -0.15) is 8.78 Å². The molecule has 0 amide bonds. The number of hydrogen-bond donors (Lipinski definition) is 0. The van der Waals surface area contributed by atoms with E-state index < -0.39 is 18.1 Å². The molecule has 10 heteroatoms. The largest absolute Gasteiger partial charge is 0.415 e. The maximum atomic E-state index is 13.2. The minimum Gasteiger partial charge on any atom is -0.415 e. The van der Waals surface area contributed by atoms with Crippen molar-refractivity contribution in [2.45, 2.75) is 19.9 Å². The molecule has 0 aliphatic rings. The molecule has 146 valence electrons. The normalized spacial score (nSPS) is 12.4. The molecular weight excluding hydrogens is 375 g/mol. The van der Waals surface area contributed by atoms with Crippen LogP contribution in [0, 0.1) is 0 Å². The van der Waals surface area contributed by atoms with Crippen LogP contribution in [-0.2, 0) is 13.6 Å². The molecule has 0 aliphatic heterocycles. The lowest BCUT2D eigenvalue weighted by Gasteiger charge is -2.01. The SMILES string of the molecule is C/C=C(F)\C=C/c1cn(Cc2ccc(-c3nnc(C(F)F)o3)cn2)c(=O)n1C. The van der Waals surface area contributed by atoms with E-state index in [0.717, 1.165) is 0 Å². The van der Waals surface area contributed by atoms with Gasteiger partial charge in [-0.05, 0) is 31.2 Å². The first kappa shape index (κ1) is 19.3. The number of hydrogen-bond acceptors (Lipinski definition) is 5. The Labute approximate surface area is 157 Å². The van der Waals surface area contributed by atoms with Crippen molar-refractivity contribution in [1.82, 2.24) is 24.3 Å². The quantitative estimate of drug-likeness (QED) is 0.601. The predicted octanol–water partition coefficient (Wildman–Crippen LogP) is 3.50. The Hall–Kier alpha value is -3.43. The third kappa shape index (κ3) is 4.11. The highest BCUT2D eigenvalue weighted by atomic mass is 19.3. The first-order valence-corrected chi connectivity index (χ1v) is 8.22. The number of alkyl halides is 2. The Morgan fingerprint density at radius 3 is 2.71 bits per heavy atom. The van der Waals surface area contributed by atoms with E-state index in [2.05, 4.69) is 15.2 Å². The maximum absolute atomic E-state index is 13.2. The number of halogens is 3. The molecule has 0 radical (unpaired) electrons. The Balaban J connectivity index is 1.79. The van der Waals surface area contributed by atoms with Crippen molar-refractivity contribution in [3.8, 4) is 11.5 Å². The van der Waals surface area contributed by atoms with Gasteiger partial charge >= 0.3 is 12.1 Å². The van der Waals surface area contributed by atoms with Gasteiger partial charge in [0.2, 0.25) is 5.89 Å². The van der Waals surface area contributed by atoms with Crippen LogP contribution in [0.2, 0.25) is 0 Å². The molecular formula is C18H16F3N5O2. The van der Waals surface area contributed by atoms with E-state index in [9.17, 15) is 18.0 Å². The maximum Gasteiger partial charge on any atom is 0.328 e. The molecule has 7 nitrogen and oxygen atoms in total. The van der Waals surface area contributed by atoms with Gasteiger partial charge in [-0.3, -0.25) is 14.1 Å². The van der Waals surface area contributed by atoms with Gasteiger partial charge in [-0.25, -0.2) is 9.18 Å². The van der Waals surface area contributed by atoms with Crippen molar-refractivity contribution in [2.75, 3.05) is 0 Å². The molecule has 0 unspecified atom stereocenters. The number of rotatable bonds is 6. The number of aromatic nitrogens is 5. The molecule has 3 aromatic heterocycles. The number of nitrogens with zero attached hydrogens (tertiary/aromatic N) is 5. The molecule has 0 N–H and O–H groups in total. The summed E-state index contributed by atoms with van der Waals surface area (Å²) in [5.41, 5.74) is 1.18. The highest BCUT2D eigenvalue weighted by Gasteiger charge is 2.17. The fourth-order valence-corrected chi connectivity index (χ4v) is 2.39. The van der Waals surface area contributed by atoms with Crippen LogP contribution in [0.1, 0.15) is 30.6 Å². The summed E-state index contributed by atoms with van der Waals surface area (Å²) in [7, 11) is 1.58. The van der Waals surface area contributed by atoms with Crippen LogP contribution in [0.15, 0.2) is 51.7 Å². The fourth-order valence-electron chi connectivity index (χ4n) is 2.39. The monoisotopic (exact) mass is 391 g/mol. The fraction of sp³-hybridized carbons (Fsp3) is 0.222. The third-order valence-electron chi connectivity index (χ3n) is 3.93. The lowest BCUT2D eigenvalue weighted by molar-refractivity contribution is 0.116. The van der Waals surface area contributed by atoms with Gasteiger partial charge in [0.1, 0.15) is 5.83 Å². The van der Waals surface area contributed by atoms with Crippen molar-refractivity contribution in [3.05, 3.63) is 70.3 Å². The summed E-state index contributed by atoms with van der Waals surface area (Å²) >= 11 is 0. The Morgan fingerprint density at radius 1 is 1.32 bits per heavy atom. The van der Waals surface area contributed by atoms with Crippen LogP contribution in [0.5, 0.6) is 0 Å². The summed E-state index contributed by atoms with van der Waals surface area (Å²) in [5.74, 6) is -1.23. The highest BCUT2D eigenvalue weighted by molar-refractivity contribution is 5.51. The summed E-state index contributed by atoms with van der Waals surface area (Å²) in [6, 6.07) is 3.21. The summed E-state index contributed by atoms with van der Waals surface area (Å²) < 4.78 is 46.0. The summed E-state index contributed by atoms with van der Waals surface area (Å²) in [4.78, 5) is 16.5. The average molecular weight is 391 g/mol. The van der Waals surface area contributed by atoms with Crippen LogP contribution in [0.3, 0.4) is 0 Å². The molecule has 3 rings (SSSR count). The second kappa shape index (κ2) is 8.07. The molecule has 3 heterocycles. The zero-order valence-electron chi connectivity index (χ0n) is 15.0. The second-order valence-corrected chi connectivity index (χ2v) is 5.81. The minimum absolute atomic E-state index is 0.0651. The molecule has 28 heavy (non-hydrogen) atoms. The van der Waals surface area contributed by atoms with Crippen LogP contribution in [-0.4, -0.2) is 24.3 Å². The van der Waals surface area contributed by atoms with Crippen LogP contribution >= 0.6 is 0 Å². The summed E-state index contributed by atoms with van der Waals surface area (Å²) in [6.07, 6.45) is 4.22. The standard InChI is InChI=1S/C18H16F3N5O2/c1-3-12(19)5-7-14-10-26(18(27)25(14)2)9-13-6-4-11(8-22-13)16-23-24-17(28-16)15(20)21/h3-8,10,15H,9H2,1-2H3/b7-5-,12-3+. The van der Waals surface area contributed by atoms with Crippen LogP contribution in [0.25, 0.3) is 17.5 Å². The van der Waals surface area contributed by atoms with Crippen molar-refractivity contribution in [2.24, 2.45) is 7.05 Å². The summed E-state index contributed by atoms with van der Waals surface area (Å²) in [5, 5.41) is 6.82. The van der Waals surface area contributed by atoms with Gasteiger partial charge in [0, 0.05) is 19.4 Å². The van der Waals surface area contributed by atoms with Crippen LogP contribution < -0.4 is 5.69 Å². The van der Waals surface area contributed by atoms with E-state index in [1.807, 2.05) is 0 Å². The van der Waals surface area contributed by atoms with Crippen LogP contribution in [0.4, 0.5) is 13.2 Å². The topological polar surface area (TPSA) is 78.7 Å². The van der Waals surface area contributed by atoms with E-state index in [1.54, 1.807) is 32.3 Å². The van der Waals surface area contributed by atoms with E-state index in [4.69, 9.17) is 4.42 Å². The van der Waals surface area contributed by atoms with Crippen molar-refractivity contribution in [3.63, 3.8) is 0 Å². The van der Waals surface area contributed by atoms with Gasteiger partial charge in [0.25, 0.3) is 5.89 Å². The number of imidazole rings is 1. The van der Waals surface area contributed by atoms with E-state index in [1.165, 1.54) is 33.6 Å². The second-order valence-electron chi connectivity index (χ2n) is 5.81. The zero-order valence-corrected chi connectivity index (χ0v) is 15.0. The average Bonchev–Trinajstić information content (AvgIpc) is 3.28. The number of pyridine rings is 1. The molecule has 0 spiro atoms. The van der Waals surface area contributed by atoms with Crippen molar-refractivity contribution in [1.29, 1.82) is 0 Å². The molecule has 0 bridgehead atoms. The first-order chi connectivity index (χ1) is 13.4. The molecule has 3 aromatic rings. The number of allylic oxidation sites excluding steroid dienone is 3. The molecule has 0 aromatic carbocycles. The zero-order chi connectivity index (χ0) is 20.3. The van der Waals surface area contributed by atoms with E-state index >= 15 is 0 Å². The van der Waals surface area contributed by atoms with Gasteiger partial charge in [0.05, 0.1) is 23.5 Å². The van der Waals surface area contributed by atoms with Crippen molar-refractivity contribution < 1.29 is 17.6 Å². The Bertz CT molecular complexity index is 1080. The lowest BCUT2D eigenvalue weighted by Crippen LogP contribution is -2.23. The Morgan fingerprint density at radius 2 is 2.11 bits per heavy atom. The van der Waals surface area contributed by atoms with E-state index in [0.29, 0.717) is 17.0 Å². The van der Waals surface area contributed by atoms with Gasteiger partial charge in [-0.15, -0.1) is 10.2 Å².